The normalized spacial score (nSPS) is 10.9. The molecule has 0 spiro atoms. The van der Waals surface area contributed by atoms with Crippen molar-refractivity contribution in [1.82, 2.24) is 0 Å². The molecule has 0 aliphatic carbocycles. The van der Waals surface area contributed by atoms with Crippen LogP contribution in [0.3, 0.4) is 0 Å². The van der Waals surface area contributed by atoms with Crippen molar-refractivity contribution in [3.8, 4) is 0 Å². The van der Waals surface area contributed by atoms with Crippen LogP contribution in [-0.2, 0) is 11.2 Å². The van der Waals surface area contributed by atoms with Crippen LogP contribution in [0.15, 0.2) is 30.3 Å². The minimum Gasteiger partial charge on any atom is -0.299 e. The van der Waals surface area contributed by atoms with Gasteiger partial charge in [0.25, 0.3) is 0 Å². The van der Waals surface area contributed by atoms with E-state index < -0.39 is 0 Å². The van der Waals surface area contributed by atoms with E-state index >= 15 is 0 Å². The van der Waals surface area contributed by atoms with E-state index in [1.807, 2.05) is 6.08 Å². The van der Waals surface area contributed by atoms with Gasteiger partial charge in [0.2, 0.25) is 0 Å². The van der Waals surface area contributed by atoms with Crippen molar-refractivity contribution in [2.75, 3.05) is 0 Å². The van der Waals surface area contributed by atoms with Crippen LogP contribution in [0, 0.1) is 0 Å². The predicted octanol–water partition coefficient (Wildman–Crippen LogP) is 4.41. The first-order valence-electron chi connectivity index (χ1n) is 6.57. The van der Waals surface area contributed by atoms with Gasteiger partial charge in [0.15, 0.2) is 0 Å². The molecule has 0 aliphatic rings. The maximum absolute atomic E-state index is 10.2. The standard InChI is InChI=1S/C16H22O/c1-2-3-4-5-6-8-15-10-12-16(13-11-15)9-7-14-17/h7,9-14H,2-6,8H2,1H3/b9-7+. The predicted molar refractivity (Wildman–Crippen MR) is 74.0 cm³/mol. The second-order valence-corrected chi connectivity index (χ2v) is 4.40. The monoisotopic (exact) mass is 230 g/mol. The third-order valence-corrected chi connectivity index (χ3v) is 2.92. The first-order valence-corrected chi connectivity index (χ1v) is 6.57. The fourth-order valence-corrected chi connectivity index (χ4v) is 1.88. The van der Waals surface area contributed by atoms with E-state index in [1.54, 1.807) is 0 Å². The lowest BCUT2D eigenvalue weighted by Gasteiger charge is -2.02. The Hall–Kier alpha value is -1.37. The molecule has 0 fully saturated rings. The fourth-order valence-electron chi connectivity index (χ4n) is 1.88. The van der Waals surface area contributed by atoms with Gasteiger partial charge in [0.05, 0.1) is 0 Å². The highest BCUT2D eigenvalue weighted by atomic mass is 16.1. The summed E-state index contributed by atoms with van der Waals surface area (Å²) in [4.78, 5) is 10.2. The summed E-state index contributed by atoms with van der Waals surface area (Å²) in [5.74, 6) is 0. The van der Waals surface area contributed by atoms with Crippen LogP contribution in [-0.4, -0.2) is 6.29 Å². The Morgan fingerprint density at radius 3 is 2.35 bits per heavy atom. The van der Waals surface area contributed by atoms with E-state index in [0.717, 1.165) is 11.8 Å². The molecule has 0 atom stereocenters. The largest absolute Gasteiger partial charge is 0.299 e. The zero-order chi connectivity index (χ0) is 12.3. The Kier molecular flexibility index (Phi) is 7.04. The number of carbonyl (C=O) groups excluding carboxylic acids is 1. The molecular weight excluding hydrogens is 208 g/mol. The Morgan fingerprint density at radius 1 is 1.00 bits per heavy atom. The minimum atomic E-state index is 0.807. The molecule has 0 heterocycles. The van der Waals surface area contributed by atoms with Gasteiger partial charge in [0, 0.05) is 0 Å². The Morgan fingerprint density at radius 2 is 1.71 bits per heavy atom. The molecule has 92 valence electrons. The average molecular weight is 230 g/mol. The van der Waals surface area contributed by atoms with Crippen LogP contribution in [0.25, 0.3) is 6.08 Å². The van der Waals surface area contributed by atoms with Crippen molar-refractivity contribution in [2.45, 2.75) is 45.4 Å². The molecule has 1 rings (SSSR count). The molecule has 0 saturated carbocycles. The van der Waals surface area contributed by atoms with E-state index in [1.165, 1.54) is 50.2 Å². The summed E-state index contributed by atoms with van der Waals surface area (Å²) >= 11 is 0. The van der Waals surface area contributed by atoms with Crippen molar-refractivity contribution in [3.05, 3.63) is 41.5 Å². The molecule has 1 aromatic carbocycles. The fraction of sp³-hybridized carbons (Fsp3) is 0.438. The Labute approximate surface area is 105 Å². The van der Waals surface area contributed by atoms with Crippen molar-refractivity contribution < 1.29 is 4.79 Å². The van der Waals surface area contributed by atoms with Gasteiger partial charge in [-0.1, -0.05) is 62.9 Å². The summed E-state index contributed by atoms with van der Waals surface area (Å²) in [5.41, 5.74) is 2.48. The zero-order valence-electron chi connectivity index (χ0n) is 10.7. The molecule has 1 aromatic rings. The van der Waals surface area contributed by atoms with E-state index in [0.29, 0.717) is 0 Å². The van der Waals surface area contributed by atoms with Crippen LogP contribution in [0.2, 0.25) is 0 Å². The van der Waals surface area contributed by atoms with E-state index in [2.05, 4.69) is 31.2 Å². The molecule has 1 heteroatoms. The van der Waals surface area contributed by atoms with Crippen molar-refractivity contribution >= 4 is 12.4 Å². The highest BCUT2D eigenvalue weighted by molar-refractivity contribution is 5.73. The quantitative estimate of drug-likeness (QED) is 0.367. The third kappa shape index (κ3) is 6.06. The Balaban J connectivity index is 2.30. The number of rotatable bonds is 8. The topological polar surface area (TPSA) is 17.1 Å². The van der Waals surface area contributed by atoms with Crippen molar-refractivity contribution in [3.63, 3.8) is 0 Å². The molecule has 0 aromatic heterocycles. The number of carbonyl (C=O) groups is 1. The number of aryl methyl sites for hydroxylation is 1. The van der Waals surface area contributed by atoms with Gasteiger partial charge in [-0.3, -0.25) is 4.79 Å². The number of aldehydes is 1. The lowest BCUT2D eigenvalue weighted by atomic mass is 10.0. The molecule has 17 heavy (non-hydrogen) atoms. The van der Waals surface area contributed by atoms with Crippen LogP contribution in [0.4, 0.5) is 0 Å². The first kappa shape index (κ1) is 13.7. The van der Waals surface area contributed by atoms with E-state index in [-0.39, 0.29) is 0 Å². The third-order valence-electron chi connectivity index (χ3n) is 2.92. The van der Waals surface area contributed by atoms with E-state index in [4.69, 9.17) is 0 Å². The summed E-state index contributed by atoms with van der Waals surface area (Å²) in [6.45, 7) is 2.24. The van der Waals surface area contributed by atoms with E-state index in [9.17, 15) is 4.79 Å². The SMILES string of the molecule is CCCCCCCc1ccc(/C=C/C=O)cc1. The average Bonchev–Trinajstić information content (AvgIpc) is 2.37. The van der Waals surface area contributed by atoms with Crippen LogP contribution >= 0.6 is 0 Å². The molecule has 0 aliphatic heterocycles. The summed E-state index contributed by atoms with van der Waals surface area (Å²) < 4.78 is 0. The second-order valence-electron chi connectivity index (χ2n) is 4.40. The number of benzene rings is 1. The van der Waals surface area contributed by atoms with Gasteiger partial charge in [0.1, 0.15) is 6.29 Å². The molecule has 0 unspecified atom stereocenters. The summed E-state index contributed by atoms with van der Waals surface area (Å²) in [5, 5.41) is 0. The second kappa shape index (κ2) is 8.74. The smallest absolute Gasteiger partial charge is 0.142 e. The molecule has 0 amide bonds. The Bertz CT molecular complexity index is 335. The molecule has 1 nitrogen and oxygen atoms in total. The maximum Gasteiger partial charge on any atom is 0.142 e. The number of hydrogen-bond donors (Lipinski definition) is 0. The van der Waals surface area contributed by atoms with Crippen LogP contribution in [0.5, 0.6) is 0 Å². The highest BCUT2D eigenvalue weighted by Crippen LogP contribution is 2.11. The number of hydrogen-bond acceptors (Lipinski definition) is 1. The van der Waals surface area contributed by atoms with Gasteiger partial charge in [-0.25, -0.2) is 0 Å². The van der Waals surface area contributed by atoms with Crippen LogP contribution < -0.4 is 0 Å². The molecular formula is C16H22O. The van der Waals surface area contributed by atoms with Gasteiger partial charge in [-0.2, -0.15) is 0 Å². The molecule has 0 bridgehead atoms. The van der Waals surface area contributed by atoms with Gasteiger partial charge in [-0.15, -0.1) is 0 Å². The van der Waals surface area contributed by atoms with Gasteiger partial charge in [-0.05, 0) is 30.0 Å². The van der Waals surface area contributed by atoms with Crippen LogP contribution in [0.1, 0.15) is 50.2 Å². The van der Waals surface area contributed by atoms with Crippen molar-refractivity contribution in [2.24, 2.45) is 0 Å². The summed E-state index contributed by atoms with van der Waals surface area (Å²) in [6.07, 6.45) is 12.0. The molecule has 0 radical (unpaired) electrons. The minimum absolute atomic E-state index is 0.807. The van der Waals surface area contributed by atoms with Gasteiger partial charge < -0.3 is 0 Å². The van der Waals surface area contributed by atoms with Crippen molar-refractivity contribution in [1.29, 1.82) is 0 Å². The molecule has 0 N–H and O–H groups in total. The molecule has 0 saturated heterocycles. The first-order chi connectivity index (χ1) is 8.36. The summed E-state index contributed by atoms with van der Waals surface area (Å²) in [7, 11) is 0. The maximum atomic E-state index is 10.2. The lowest BCUT2D eigenvalue weighted by Crippen LogP contribution is -1.86. The highest BCUT2D eigenvalue weighted by Gasteiger charge is 1.94. The number of allylic oxidation sites excluding steroid dienone is 1. The lowest BCUT2D eigenvalue weighted by molar-refractivity contribution is -0.104. The van der Waals surface area contributed by atoms with Gasteiger partial charge >= 0.3 is 0 Å². The number of unbranched alkanes of at least 4 members (excludes halogenated alkanes) is 4. The zero-order valence-corrected chi connectivity index (χ0v) is 10.7. The summed E-state index contributed by atoms with van der Waals surface area (Å²) in [6, 6.07) is 8.46.